The average Bonchev–Trinajstić information content (AvgIpc) is 3.45. The number of hydrogen-bond donors (Lipinski definition) is 3. The number of anilines is 2. The van der Waals surface area contributed by atoms with Crippen LogP contribution in [0, 0.1) is 5.92 Å². The second kappa shape index (κ2) is 13.1. The Balaban J connectivity index is 1.34. The highest BCUT2D eigenvalue weighted by atomic mass is 16.7. The van der Waals surface area contributed by atoms with Crippen molar-refractivity contribution in [1.82, 2.24) is 14.8 Å². The Labute approximate surface area is 245 Å². The first-order valence-corrected chi connectivity index (χ1v) is 14.0. The van der Waals surface area contributed by atoms with Crippen molar-refractivity contribution in [3.63, 3.8) is 0 Å². The topological polar surface area (TPSA) is 125 Å². The number of nitrogens with one attached hydrogen (secondary N) is 2. The third-order valence-electron chi connectivity index (χ3n) is 7.50. The maximum atomic E-state index is 13.5. The fraction of sp³-hybridized carbons (Fsp3) is 0.387. The summed E-state index contributed by atoms with van der Waals surface area (Å²) < 4.78 is 17.3. The molecular weight excluding hydrogens is 538 g/mol. The van der Waals surface area contributed by atoms with Crippen LogP contribution < -0.4 is 24.8 Å². The van der Waals surface area contributed by atoms with Gasteiger partial charge in [0.2, 0.25) is 12.7 Å². The molecule has 11 heteroatoms. The Bertz CT molecular complexity index is 1400. The van der Waals surface area contributed by atoms with Crippen LogP contribution >= 0.6 is 0 Å². The van der Waals surface area contributed by atoms with Crippen molar-refractivity contribution in [3.8, 4) is 17.2 Å². The van der Waals surface area contributed by atoms with E-state index in [9.17, 15) is 14.7 Å². The van der Waals surface area contributed by atoms with Gasteiger partial charge in [0.1, 0.15) is 11.9 Å². The Hall–Kier alpha value is -4.35. The van der Waals surface area contributed by atoms with Gasteiger partial charge in [-0.2, -0.15) is 0 Å². The van der Waals surface area contributed by atoms with E-state index in [1.54, 1.807) is 53.7 Å². The zero-order valence-corrected chi connectivity index (χ0v) is 24.1. The fourth-order valence-corrected chi connectivity index (χ4v) is 5.16. The first-order chi connectivity index (χ1) is 20.3. The minimum atomic E-state index is -0.441. The summed E-state index contributed by atoms with van der Waals surface area (Å²) in [6, 6.07) is 13.7. The molecule has 2 aromatic carbocycles. The zero-order valence-electron chi connectivity index (χ0n) is 24.1. The summed E-state index contributed by atoms with van der Waals surface area (Å²) in [5.74, 6) is 1.67. The largest absolute Gasteiger partial charge is 0.488 e. The normalized spacial score (nSPS) is 18.8. The number of aromatic nitrogens is 1. The van der Waals surface area contributed by atoms with Gasteiger partial charge in [-0.15, -0.1) is 0 Å². The third kappa shape index (κ3) is 7.10. The standard InChI is InChI=1S/C31H37N5O6/c1-20-15-36(21(2)18-37)30(38)13-23-12-24(33-31(39)34-25-5-7-27-28(14-25)41-19-40-27)4-6-26(23)42-29(20)17-35(3)16-22-8-10-32-11-9-22/h4-12,14,20-21,29,37H,13,15-19H2,1-3H3,(H2,33,34,39)/t20-,21+,29+/m0/s1. The monoisotopic (exact) mass is 575 g/mol. The summed E-state index contributed by atoms with van der Waals surface area (Å²) in [5.41, 5.74) is 2.87. The predicted molar refractivity (Wildman–Crippen MR) is 158 cm³/mol. The molecule has 222 valence electrons. The molecule has 0 aliphatic carbocycles. The van der Waals surface area contributed by atoms with Gasteiger partial charge in [-0.25, -0.2) is 4.79 Å². The van der Waals surface area contributed by atoms with E-state index in [1.807, 2.05) is 26.1 Å². The van der Waals surface area contributed by atoms with Crippen molar-refractivity contribution < 1.29 is 28.9 Å². The summed E-state index contributed by atoms with van der Waals surface area (Å²) in [7, 11) is 2.04. The van der Waals surface area contributed by atoms with Crippen molar-refractivity contribution >= 4 is 23.3 Å². The summed E-state index contributed by atoms with van der Waals surface area (Å²) in [6.07, 6.45) is 3.40. The second-order valence-corrected chi connectivity index (χ2v) is 10.9. The molecule has 0 saturated carbocycles. The maximum Gasteiger partial charge on any atom is 0.323 e. The van der Waals surface area contributed by atoms with Crippen molar-refractivity contribution in [3.05, 3.63) is 72.1 Å². The van der Waals surface area contributed by atoms with Crippen LogP contribution in [0.4, 0.5) is 16.2 Å². The first-order valence-electron chi connectivity index (χ1n) is 14.0. The number of ether oxygens (including phenoxy) is 3. The average molecular weight is 576 g/mol. The van der Waals surface area contributed by atoms with Crippen LogP contribution in [0.1, 0.15) is 25.0 Å². The van der Waals surface area contributed by atoms with Crippen LogP contribution in [0.5, 0.6) is 17.2 Å². The van der Waals surface area contributed by atoms with Crippen molar-refractivity contribution in [2.45, 2.75) is 39.0 Å². The quantitative estimate of drug-likeness (QED) is 0.371. The molecule has 0 saturated heterocycles. The highest BCUT2D eigenvalue weighted by Crippen LogP contribution is 2.34. The number of likely N-dealkylation sites (N-methyl/N-ethyl adjacent to an activating group) is 1. The van der Waals surface area contributed by atoms with Gasteiger partial charge in [-0.3, -0.25) is 14.7 Å². The van der Waals surface area contributed by atoms with E-state index in [4.69, 9.17) is 14.2 Å². The Morgan fingerprint density at radius 1 is 1.07 bits per heavy atom. The number of fused-ring (bicyclic) bond motifs is 2. The molecule has 0 spiro atoms. The molecule has 3 heterocycles. The Morgan fingerprint density at radius 2 is 1.76 bits per heavy atom. The van der Waals surface area contributed by atoms with Crippen LogP contribution in [0.25, 0.3) is 0 Å². The predicted octanol–water partition coefficient (Wildman–Crippen LogP) is 3.74. The Kier molecular flexibility index (Phi) is 9.09. The van der Waals surface area contributed by atoms with Crippen molar-refractivity contribution in [2.24, 2.45) is 5.92 Å². The molecule has 3 aromatic rings. The lowest BCUT2D eigenvalue weighted by Gasteiger charge is -2.34. The molecule has 0 fully saturated rings. The lowest BCUT2D eigenvalue weighted by molar-refractivity contribution is -0.134. The molecule has 42 heavy (non-hydrogen) atoms. The van der Waals surface area contributed by atoms with E-state index < -0.39 is 6.03 Å². The number of aliphatic hydroxyl groups is 1. The summed E-state index contributed by atoms with van der Waals surface area (Å²) in [5, 5.41) is 15.5. The molecule has 3 atom stereocenters. The first kappa shape index (κ1) is 29.2. The van der Waals surface area contributed by atoms with E-state index in [-0.39, 0.29) is 43.8 Å². The molecule has 1 aromatic heterocycles. The van der Waals surface area contributed by atoms with Gasteiger partial charge in [0.05, 0.1) is 19.1 Å². The van der Waals surface area contributed by atoms with Crippen molar-refractivity contribution in [2.75, 3.05) is 44.2 Å². The number of hydrogen-bond acceptors (Lipinski definition) is 8. The molecule has 0 radical (unpaired) electrons. The minimum Gasteiger partial charge on any atom is -0.488 e. The molecule has 11 nitrogen and oxygen atoms in total. The lowest BCUT2D eigenvalue weighted by Crippen LogP contribution is -2.47. The minimum absolute atomic E-state index is 0.0148. The van der Waals surface area contributed by atoms with Crippen LogP contribution in [0.15, 0.2) is 60.9 Å². The number of pyridine rings is 1. The maximum absolute atomic E-state index is 13.5. The van der Waals surface area contributed by atoms with E-state index in [1.165, 1.54) is 0 Å². The molecule has 2 aliphatic heterocycles. The molecule has 3 amide bonds. The van der Waals surface area contributed by atoms with Gasteiger partial charge in [-0.05, 0) is 62.0 Å². The second-order valence-electron chi connectivity index (χ2n) is 10.9. The van der Waals surface area contributed by atoms with E-state index in [0.29, 0.717) is 47.3 Å². The number of carbonyl (C=O) groups excluding carboxylic acids is 2. The van der Waals surface area contributed by atoms with Crippen molar-refractivity contribution in [1.29, 1.82) is 0 Å². The summed E-state index contributed by atoms with van der Waals surface area (Å²) in [6.45, 7) is 5.71. The van der Waals surface area contributed by atoms with Crippen LogP contribution in [0.3, 0.4) is 0 Å². The smallest absolute Gasteiger partial charge is 0.323 e. The molecule has 0 unspecified atom stereocenters. The molecule has 5 rings (SSSR count). The van der Waals surface area contributed by atoms with Gasteiger partial charge >= 0.3 is 6.03 Å². The van der Waals surface area contributed by atoms with E-state index in [2.05, 4.69) is 27.4 Å². The van der Waals surface area contributed by atoms with Gasteiger partial charge in [0, 0.05) is 61.0 Å². The third-order valence-corrected chi connectivity index (χ3v) is 7.50. The fourth-order valence-electron chi connectivity index (χ4n) is 5.16. The molecule has 2 aliphatic rings. The lowest BCUT2D eigenvalue weighted by atomic mass is 10.0. The number of rotatable bonds is 8. The molecule has 3 N–H and O–H groups in total. The highest BCUT2D eigenvalue weighted by Gasteiger charge is 2.31. The zero-order chi connectivity index (χ0) is 29.6. The van der Waals surface area contributed by atoms with Crippen LogP contribution in [0.2, 0.25) is 0 Å². The summed E-state index contributed by atoms with van der Waals surface area (Å²) in [4.78, 5) is 34.3. The number of amides is 3. The number of aliphatic hydroxyl groups excluding tert-OH is 1. The van der Waals surface area contributed by atoms with Gasteiger partial charge in [0.25, 0.3) is 0 Å². The van der Waals surface area contributed by atoms with Gasteiger partial charge in [0.15, 0.2) is 11.5 Å². The van der Waals surface area contributed by atoms with E-state index >= 15 is 0 Å². The Morgan fingerprint density at radius 3 is 2.50 bits per heavy atom. The number of nitrogens with zero attached hydrogens (tertiary/aromatic N) is 3. The number of urea groups is 1. The van der Waals surface area contributed by atoms with E-state index in [0.717, 1.165) is 12.1 Å². The number of carbonyl (C=O) groups is 2. The van der Waals surface area contributed by atoms with Crippen LogP contribution in [-0.4, -0.2) is 77.5 Å². The highest BCUT2D eigenvalue weighted by molar-refractivity contribution is 6.00. The van der Waals surface area contributed by atoms with Crippen LogP contribution in [-0.2, 0) is 17.8 Å². The molecular formula is C31H37N5O6. The SMILES string of the molecule is C[C@H](CO)N1C[C@H](C)[C@@H](CN(C)Cc2ccncc2)Oc2ccc(NC(=O)Nc3ccc4c(c3)OCO4)cc2CC1=O. The number of benzene rings is 2. The van der Waals surface area contributed by atoms with Gasteiger partial charge in [-0.1, -0.05) is 6.92 Å². The van der Waals surface area contributed by atoms with Gasteiger partial charge < -0.3 is 34.9 Å². The molecule has 0 bridgehead atoms. The summed E-state index contributed by atoms with van der Waals surface area (Å²) >= 11 is 0.